The lowest BCUT2D eigenvalue weighted by Crippen LogP contribution is -2.53. The number of carbonyl (C=O) groups excluding carboxylic acids is 1. The van der Waals surface area contributed by atoms with Gasteiger partial charge in [0.05, 0.1) is 12.1 Å². The number of amides is 1. The summed E-state index contributed by atoms with van der Waals surface area (Å²) >= 11 is 0. The van der Waals surface area contributed by atoms with Gasteiger partial charge in [0, 0.05) is 19.6 Å². The molecule has 2 aliphatic rings. The minimum absolute atomic E-state index is 0.0135. The lowest BCUT2D eigenvalue weighted by atomic mass is 9.85. The second kappa shape index (κ2) is 5.01. The Balaban J connectivity index is 2.16. The molecule has 0 aromatic rings. The summed E-state index contributed by atoms with van der Waals surface area (Å²) in [5, 5.41) is 11.8. The zero-order valence-electron chi connectivity index (χ0n) is 10.8. The average Bonchev–Trinajstić information content (AvgIpc) is 2.92. The van der Waals surface area contributed by atoms with Gasteiger partial charge in [0.25, 0.3) is 0 Å². The van der Waals surface area contributed by atoms with Crippen LogP contribution in [0.3, 0.4) is 0 Å². The Morgan fingerprint density at radius 3 is 2.14 bits per heavy atom. The fourth-order valence-electron chi connectivity index (χ4n) is 2.75. The van der Waals surface area contributed by atoms with Crippen LogP contribution in [-0.4, -0.2) is 60.0 Å². The SMILES string of the molecule is O=C(C1CC(O)CN1)N1CCC(C(F)(F)F)(C(F)(F)F)C1. The lowest BCUT2D eigenvalue weighted by Gasteiger charge is -2.33. The van der Waals surface area contributed by atoms with Crippen LogP contribution in [0.2, 0.25) is 0 Å². The Hall–Kier alpha value is -1.03. The van der Waals surface area contributed by atoms with Crippen molar-refractivity contribution in [3.8, 4) is 0 Å². The number of hydrogen-bond acceptors (Lipinski definition) is 3. The molecule has 0 radical (unpaired) electrons. The topological polar surface area (TPSA) is 52.6 Å². The second-order valence-corrected chi connectivity index (χ2v) is 5.44. The van der Waals surface area contributed by atoms with Crippen LogP contribution < -0.4 is 5.32 Å². The highest BCUT2D eigenvalue weighted by atomic mass is 19.4. The highest BCUT2D eigenvalue weighted by molar-refractivity contribution is 5.82. The fourth-order valence-corrected chi connectivity index (χ4v) is 2.75. The van der Waals surface area contributed by atoms with Crippen LogP contribution in [-0.2, 0) is 4.79 Å². The molecule has 2 saturated heterocycles. The molecule has 122 valence electrons. The van der Waals surface area contributed by atoms with Crippen molar-refractivity contribution in [1.82, 2.24) is 10.2 Å². The van der Waals surface area contributed by atoms with E-state index in [1.54, 1.807) is 0 Å². The van der Waals surface area contributed by atoms with Crippen molar-refractivity contribution in [2.45, 2.75) is 37.3 Å². The van der Waals surface area contributed by atoms with Crippen molar-refractivity contribution < 1.29 is 36.2 Å². The van der Waals surface area contributed by atoms with Crippen molar-refractivity contribution >= 4 is 5.91 Å². The first-order chi connectivity index (χ1) is 9.48. The Morgan fingerprint density at radius 1 is 1.19 bits per heavy atom. The number of nitrogens with zero attached hydrogens (tertiary/aromatic N) is 1. The first-order valence-corrected chi connectivity index (χ1v) is 6.32. The summed E-state index contributed by atoms with van der Waals surface area (Å²) in [6, 6.07) is -0.933. The van der Waals surface area contributed by atoms with Crippen molar-refractivity contribution in [1.29, 1.82) is 0 Å². The first kappa shape index (κ1) is 16.3. The van der Waals surface area contributed by atoms with E-state index in [1.165, 1.54) is 0 Å². The number of hydrogen-bond donors (Lipinski definition) is 2. The van der Waals surface area contributed by atoms with Crippen molar-refractivity contribution in [2.75, 3.05) is 19.6 Å². The van der Waals surface area contributed by atoms with Crippen LogP contribution in [0, 0.1) is 5.41 Å². The van der Waals surface area contributed by atoms with E-state index in [1.807, 2.05) is 0 Å². The van der Waals surface area contributed by atoms with Crippen LogP contribution in [0.15, 0.2) is 0 Å². The molecule has 2 N–H and O–H groups in total. The van der Waals surface area contributed by atoms with E-state index in [0.29, 0.717) is 4.90 Å². The summed E-state index contributed by atoms with van der Waals surface area (Å²) in [5.41, 5.74) is -3.87. The van der Waals surface area contributed by atoms with Crippen LogP contribution in [0.1, 0.15) is 12.8 Å². The van der Waals surface area contributed by atoms with Crippen LogP contribution in [0.25, 0.3) is 0 Å². The number of aliphatic hydroxyl groups excluding tert-OH is 1. The molecule has 2 unspecified atom stereocenters. The van der Waals surface area contributed by atoms with Gasteiger partial charge in [0.2, 0.25) is 5.91 Å². The van der Waals surface area contributed by atoms with Gasteiger partial charge in [-0.2, -0.15) is 26.3 Å². The van der Waals surface area contributed by atoms with E-state index in [9.17, 15) is 36.2 Å². The summed E-state index contributed by atoms with van der Waals surface area (Å²) in [7, 11) is 0. The molecule has 21 heavy (non-hydrogen) atoms. The molecule has 0 aromatic heterocycles. The van der Waals surface area contributed by atoms with E-state index in [2.05, 4.69) is 5.32 Å². The molecule has 4 nitrogen and oxygen atoms in total. The third-order valence-corrected chi connectivity index (χ3v) is 4.07. The Bertz CT molecular complexity index is 408. The molecule has 10 heteroatoms. The van der Waals surface area contributed by atoms with Gasteiger partial charge in [-0.15, -0.1) is 0 Å². The molecular formula is C11H14F6N2O2. The van der Waals surface area contributed by atoms with Gasteiger partial charge < -0.3 is 15.3 Å². The summed E-state index contributed by atoms with van der Waals surface area (Å²) < 4.78 is 77.2. The Morgan fingerprint density at radius 2 is 1.76 bits per heavy atom. The van der Waals surface area contributed by atoms with Crippen LogP contribution >= 0.6 is 0 Å². The molecule has 0 spiro atoms. The average molecular weight is 320 g/mol. The maximum Gasteiger partial charge on any atom is 0.404 e. The molecule has 0 aromatic carbocycles. The molecule has 1 amide bonds. The first-order valence-electron chi connectivity index (χ1n) is 6.32. The number of likely N-dealkylation sites (tertiary alicyclic amines) is 1. The van der Waals surface area contributed by atoms with E-state index in [0.717, 1.165) is 0 Å². The van der Waals surface area contributed by atoms with Crippen LogP contribution in [0.5, 0.6) is 0 Å². The molecule has 2 fully saturated rings. The minimum Gasteiger partial charge on any atom is -0.392 e. The summed E-state index contributed by atoms with van der Waals surface area (Å²) in [6.45, 7) is -1.94. The van der Waals surface area contributed by atoms with E-state index < -0.39 is 55.3 Å². The maximum absolute atomic E-state index is 12.9. The molecule has 2 atom stereocenters. The standard InChI is InChI=1S/C11H14F6N2O2/c12-10(13,14)9(11(15,16)17)1-2-19(5-9)8(21)7-3-6(20)4-18-7/h6-7,18,20H,1-5H2. The van der Waals surface area contributed by atoms with Gasteiger partial charge in [-0.05, 0) is 12.8 Å². The predicted octanol–water partition coefficient (Wildman–Crippen LogP) is 1.05. The quantitative estimate of drug-likeness (QED) is 0.710. The van der Waals surface area contributed by atoms with Gasteiger partial charge in [-0.3, -0.25) is 4.79 Å². The highest BCUT2D eigenvalue weighted by Crippen LogP contribution is 2.55. The fraction of sp³-hybridized carbons (Fsp3) is 0.909. The minimum atomic E-state index is -5.47. The molecule has 0 aliphatic carbocycles. The third kappa shape index (κ3) is 2.70. The van der Waals surface area contributed by atoms with E-state index in [4.69, 9.17) is 0 Å². The summed E-state index contributed by atoms with van der Waals surface area (Å²) in [6.07, 6.45) is -13.0. The monoisotopic (exact) mass is 320 g/mol. The van der Waals surface area contributed by atoms with Gasteiger partial charge in [-0.25, -0.2) is 0 Å². The van der Waals surface area contributed by atoms with E-state index >= 15 is 0 Å². The molecule has 0 bridgehead atoms. The lowest BCUT2D eigenvalue weighted by molar-refractivity contribution is -0.334. The largest absolute Gasteiger partial charge is 0.404 e. The summed E-state index contributed by atoms with van der Waals surface area (Å²) in [5.74, 6) is -0.832. The van der Waals surface area contributed by atoms with E-state index in [-0.39, 0.29) is 13.0 Å². The number of carbonyl (C=O) groups is 1. The van der Waals surface area contributed by atoms with Gasteiger partial charge >= 0.3 is 12.4 Å². The Labute approximate surface area is 116 Å². The Kier molecular flexibility index (Phi) is 3.90. The van der Waals surface area contributed by atoms with Gasteiger partial charge in [0.1, 0.15) is 0 Å². The molecule has 2 aliphatic heterocycles. The zero-order chi connectivity index (χ0) is 16.1. The number of alkyl halides is 6. The maximum atomic E-state index is 12.9. The van der Waals surface area contributed by atoms with Crippen molar-refractivity contribution in [3.63, 3.8) is 0 Å². The van der Waals surface area contributed by atoms with Crippen LogP contribution in [0.4, 0.5) is 26.3 Å². The molecule has 2 heterocycles. The molecule has 2 rings (SSSR count). The van der Waals surface area contributed by atoms with Gasteiger partial charge in [-0.1, -0.05) is 0 Å². The number of halogens is 6. The van der Waals surface area contributed by atoms with Crippen molar-refractivity contribution in [2.24, 2.45) is 5.41 Å². The van der Waals surface area contributed by atoms with Crippen molar-refractivity contribution in [3.05, 3.63) is 0 Å². The normalized spacial score (nSPS) is 30.0. The number of aliphatic hydroxyl groups is 1. The second-order valence-electron chi connectivity index (χ2n) is 5.44. The smallest absolute Gasteiger partial charge is 0.392 e. The number of rotatable bonds is 1. The summed E-state index contributed by atoms with van der Waals surface area (Å²) in [4.78, 5) is 12.5. The number of β-amino-alcohol motifs (C(OH)–C–C–N with tert-alkyl or cyclic N) is 1. The predicted molar refractivity (Wildman–Crippen MR) is 58.2 cm³/mol. The zero-order valence-corrected chi connectivity index (χ0v) is 10.8. The highest BCUT2D eigenvalue weighted by Gasteiger charge is 2.73. The van der Waals surface area contributed by atoms with Gasteiger partial charge in [0.15, 0.2) is 5.41 Å². The number of nitrogens with one attached hydrogen (secondary N) is 1. The molecule has 0 saturated carbocycles. The third-order valence-electron chi connectivity index (χ3n) is 4.07. The molecular weight excluding hydrogens is 306 g/mol.